The minimum Gasteiger partial charge on any atom is -0.454 e. The van der Waals surface area contributed by atoms with Crippen molar-refractivity contribution in [1.29, 1.82) is 0 Å². The number of fused-ring (bicyclic) bond motifs is 2. The fourth-order valence-corrected chi connectivity index (χ4v) is 4.90. The molecule has 4 nitrogen and oxygen atoms in total. The van der Waals surface area contributed by atoms with Crippen molar-refractivity contribution < 1.29 is 19.1 Å². The van der Waals surface area contributed by atoms with E-state index in [9.17, 15) is 9.59 Å². The van der Waals surface area contributed by atoms with Crippen LogP contribution in [0.15, 0.2) is 72.8 Å². The van der Waals surface area contributed by atoms with Crippen LogP contribution < -0.4 is 0 Å². The average Bonchev–Trinajstić information content (AvgIpc) is 2.77. The predicted molar refractivity (Wildman–Crippen MR) is 115 cm³/mol. The van der Waals surface area contributed by atoms with Crippen molar-refractivity contribution in [3.05, 3.63) is 83.9 Å². The van der Waals surface area contributed by atoms with Crippen LogP contribution >= 0.6 is 9.24 Å². The molecule has 0 heterocycles. The molecule has 1 fully saturated rings. The highest BCUT2D eigenvalue weighted by atomic mass is 31.0. The normalized spacial score (nSPS) is 30.0. The van der Waals surface area contributed by atoms with Crippen LogP contribution in [0.4, 0.5) is 0 Å². The Morgan fingerprint density at radius 3 is 1.83 bits per heavy atom. The third-order valence-corrected chi connectivity index (χ3v) is 7.04. The van der Waals surface area contributed by atoms with Crippen LogP contribution in [0.2, 0.25) is 0 Å². The molecule has 2 bridgehead atoms. The zero-order chi connectivity index (χ0) is 20.5. The maximum Gasteiger partial charge on any atom is 0.338 e. The van der Waals surface area contributed by atoms with E-state index in [0.717, 1.165) is 19.0 Å². The van der Waals surface area contributed by atoms with Gasteiger partial charge in [0.15, 0.2) is 0 Å². The highest BCUT2D eigenvalue weighted by Gasteiger charge is 2.58. The first-order chi connectivity index (χ1) is 14.0. The number of esters is 2. The quantitative estimate of drug-likeness (QED) is 0.410. The van der Waals surface area contributed by atoms with Crippen LogP contribution in [0.3, 0.4) is 0 Å². The van der Waals surface area contributed by atoms with Crippen molar-refractivity contribution in [2.45, 2.75) is 32.0 Å². The zero-order valence-corrected chi connectivity index (χ0v) is 17.6. The van der Waals surface area contributed by atoms with Gasteiger partial charge in [-0.1, -0.05) is 55.5 Å². The second-order valence-electron chi connectivity index (χ2n) is 8.16. The number of benzene rings is 2. The van der Waals surface area contributed by atoms with Gasteiger partial charge in [0, 0.05) is 10.8 Å². The van der Waals surface area contributed by atoms with Gasteiger partial charge in [0.25, 0.3) is 0 Å². The van der Waals surface area contributed by atoms with Gasteiger partial charge >= 0.3 is 11.9 Å². The van der Waals surface area contributed by atoms with Crippen LogP contribution in [-0.4, -0.2) is 30.3 Å². The monoisotopic (exact) mass is 408 g/mol. The molecule has 0 spiro atoms. The first-order valence-electron chi connectivity index (χ1n) is 9.90. The van der Waals surface area contributed by atoms with E-state index in [1.54, 1.807) is 24.3 Å². The van der Waals surface area contributed by atoms with Crippen LogP contribution in [0.1, 0.15) is 40.5 Å². The molecule has 150 valence electrons. The van der Waals surface area contributed by atoms with E-state index in [4.69, 9.17) is 9.47 Å². The molecule has 0 radical (unpaired) electrons. The first kappa shape index (κ1) is 19.8. The summed E-state index contributed by atoms with van der Waals surface area (Å²) in [5, 5.41) is 0. The predicted octanol–water partition coefficient (Wildman–Crippen LogP) is 4.67. The molecule has 5 unspecified atom stereocenters. The Hall–Kier alpha value is -2.45. The van der Waals surface area contributed by atoms with Crippen molar-refractivity contribution in [2.24, 2.45) is 10.8 Å². The Morgan fingerprint density at radius 1 is 0.862 bits per heavy atom. The van der Waals surface area contributed by atoms with E-state index >= 15 is 0 Å². The largest absolute Gasteiger partial charge is 0.454 e. The highest BCUT2D eigenvalue weighted by molar-refractivity contribution is 7.16. The van der Waals surface area contributed by atoms with Crippen LogP contribution in [0, 0.1) is 10.8 Å². The number of ether oxygens (including phenoxy) is 2. The summed E-state index contributed by atoms with van der Waals surface area (Å²) in [6.07, 6.45) is 5.70. The molecule has 1 saturated carbocycles. The summed E-state index contributed by atoms with van der Waals surface area (Å²) in [5.41, 5.74) is 0.270. The first-order valence-corrected chi connectivity index (χ1v) is 10.7. The summed E-state index contributed by atoms with van der Waals surface area (Å²) in [6.45, 7) is 2.07. The number of hydrogen-bond donors (Lipinski definition) is 0. The fourth-order valence-electron chi connectivity index (χ4n) is 4.32. The SMILES string of the molecule is CC12C=CC(CP)(CC1)C(OC(=O)c1ccccc1)C2OC(=O)c1ccccc1. The summed E-state index contributed by atoms with van der Waals surface area (Å²) in [7, 11) is 2.77. The Morgan fingerprint density at radius 2 is 1.38 bits per heavy atom. The third-order valence-electron chi connectivity index (χ3n) is 6.28. The molecule has 0 saturated heterocycles. The molecule has 29 heavy (non-hydrogen) atoms. The molecule has 0 aliphatic heterocycles. The van der Waals surface area contributed by atoms with E-state index in [1.165, 1.54) is 0 Å². The maximum atomic E-state index is 12.9. The molecule has 2 aromatic rings. The van der Waals surface area contributed by atoms with Crippen molar-refractivity contribution in [3.63, 3.8) is 0 Å². The van der Waals surface area contributed by atoms with Gasteiger partial charge in [-0.3, -0.25) is 0 Å². The third kappa shape index (κ3) is 3.62. The molecular formula is C24H25O4P. The Balaban J connectivity index is 1.66. The minimum absolute atomic E-state index is 0.353. The van der Waals surface area contributed by atoms with Gasteiger partial charge in [0.05, 0.1) is 11.1 Å². The van der Waals surface area contributed by atoms with Gasteiger partial charge in [-0.25, -0.2) is 9.59 Å². The lowest BCUT2D eigenvalue weighted by Gasteiger charge is -2.55. The van der Waals surface area contributed by atoms with Gasteiger partial charge in [-0.05, 0) is 43.3 Å². The van der Waals surface area contributed by atoms with E-state index in [1.807, 2.05) is 36.4 Å². The Kier molecular flexibility index (Phi) is 5.31. The average molecular weight is 408 g/mol. The lowest BCUT2D eigenvalue weighted by molar-refractivity contribution is -0.138. The van der Waals surface area contributed by atoms with Gasteiger partial charge in [0.1, 0.15) is 12.2 Å². The highest BCUT2D eigenvalue weighted by Crippen LogP contribution is 2.55. The molecule has 5 atom stereocenters. The second kappa shape index (κ2) is 7.76. The Labute approximate surface area is 173 Å². The van der Waals surface area contributed by atoms with Crippen LogP contribution in [-0.2, 0) is 9.47 Å². The zero-order valence-electron chi connectivity index (χ0n) is 16.4. The fraction of sp³-hybridized carbons (Fsp3) is 0.333. The van der Waals surface area contributed by atoms with Gasteiger partial charge in [-0.15, -0.1) is 9.24 Å². The number of rotatable bonds is 5. The van der Waals surface area contributed by atoms with Crippen LogP contribution in [0.5, 0.6) is 0 Å². The van der Waals surface area contributed by atoms with E-state index in [-0.39, 0.29) is 10.8 Å². The molecule has 0 N–H and O–H groups in total. The number of carbonyl (C=O) groups is 2. The minimum atomic E-state index is -0.540. The summed E-state index contributed by atoms with van der Waals surface area (Å²) in [5.74, 6) is -0.781. The molecule has 5 heteroatoms. The maximum absolute atomic E-state index is 12.9. The molecule has 5 rings (SSSR count). The summed E-state index contributed by atoms with van der Waals surface area (Å²) < 4.78 is 12.1. The van der Waals surface area contributed by atoms with E-state index in [0.29, 0.717) is 11.1 Å². The van der Waals surface area contributed by atoms with Crippen molar-refractivity contribution in [1.82, 2.24) is 0 Å². The topological polar surface area (TPSA) is 52.6 Å². The molecule has 0 aromatic heterocycles. The van der Waals surface area contributed by atoms with E-state index in [2.05, 4.69) is 28.3 Å². The summed E-state index contributed by atoms with van der Waals surface area (Å²) >= 11 is 0. The summed E-state index contributed by atoms with van der Waals surface area (Å²) in [6, 6.07) is 17.9. The lowest BCUT2D eigenvalue weighted by Crippen LogP contribution is -2.60. The standard InChI is InChI=1S/C24H25O4P/c1-23-12-14-24(16-29,15-13-23)20(28-22(26)18-10-6-3-7-11-18)19(23)27-21(25)17-8-4-2-5-9-17/h2-12,14,19-20H,13,15-16,29H2,1H3. The van der Waals surface area contributed by atoms with Gasteiger partial charge < -0.3 is 9.47 Å². The van der Waals surface area contributed by atoms with E-state index < -0.39 is 24.1 Å². The number of hydrogen-bond acceptors (Lipinski definition) is 4. The molecule has 3 aliphatic rings. The second-order valence-corrected chi connectivity index (χ2v) is 8.57. The Bertz CT molecular complexity index is 926. The number of carbonyl (C=O) groups excluding carboxylic acids is 2. The lowest BCUT2D eigenvalue weighted by atomic mass is 9.56. The summed E-state index contributed by atoms with van der Waals surface area (Å²) in [4.78, 5) is 25.7. The molecule has 0 amide bonds. The van der Waals surface area contributed by atoms with Crippen molar-refractivity contribution in [3.8, 4) is 0 Å². The van der Waals surface area contributed by atoms with Crippen LogP contribution in [0.25, 0.3) is 0 Å². The van der Waals surface area contributed by atoms with Gasteiger partial charge in [-0.2, -0.15) is 0 Å². The molecule has 3 aliphatic carbocycles. The van der Waals surface area contributed by atoms with Gasteiger partial charge in [0.2, 0.25) is 0 Å². The molecular weight excluding hydrogens is 383 g/mol. The smallest absolute Gasteiger partial charge is 0.338 e. The van der Waals surface area contributed by atoms with Crippen molar-refractivity contribution in [2.75, 3.05) is 6.16 Å². The van der Waals surface area contributed by atoms with Crippen molar-refractivity contribution >= 4 is 21.2 Å². The molecule has 2 aromatic carbocycles.